The lowest BCUT2D eigenvalue weighted by Crippen LogP contribution is -2.46. The number of unbranched alkanes of at least 4 members (excludes halogenated alkanes) is 6. The van der Waals surface area contributed by atoms with Gasteiger partial charge in [-0.2, -0.15) is 0 Å². The molecule has 0 aromatic heterocycles. The zero-order valence-corrected chi connectivity index (χ0v) is 13.4. The van der Waals surface area contributed by atoms with Crippen molar-refractivity contribution in [1.29, 1.82) is 0 Å². The molecule has 0 aliphatic heterocycles. The second-order valence-corrected chi connectivity index (χ2v) is 5.91. The van der Waals surface area contributed by atoms with Crippen LogP contribution in [0.1, 0.15) is 78.6 Å². The number of rotatable bonds is 12. The maximum atomic E-state index is 2.49. The van der Waals surface area contributed by atoms with Gasteiger partial charge in [0.05, 0.1) is 26.7 Å². The summed E-state index contributed by atoms with van der Waals surface area (Å²) in [7, 11) is 2.49. The highest BCUT2D eigenvalue weighted by Crippen LogP contribution is 2.13. The van der Waals surface area contributed by atoms with Crippen LogP contribution in [0.5, 0.6) is 0 Å². The smallest absolute Gasteiger partial charge is 0.0784 e. The minimum absolute atomic E-state index is 0. The molecule has 0 heterocycles. The van der Waals surface area contributed by atoms with Gasteiger partial charge in [-0.25, -0.2) is 0 Å². The van der Waals surface area contributed by atoms with Gasteiger partial charge in [-0.05, 0) is 38.5 Å². The van der Waals surface area contributed by atoms with Crippen LogP contribution in [0.4, 0.5) is 0 Å². The first-order chi connectivity index (χ1) is 8.18. The van der Waals surface area contributed by atoms with Crippen LogP contribution >= 0.6 is 0 Å². The molecule has 2 heteroatoms. The largest absolute Gasteiger partial charge is 0.870 e. The van der Waals surface area contributed by atoms with E-state index in [0.29, 0.717) is 0 Å². The first-order valence-electron chi connectivity index (χ1n) is 8.02. The highest BCUT2D eigenvalue weighted by atomic mass is 16.0. The maximum absolute atomic E-state index is 2.49. The van der Waals surface area contributed by atoms with E-state index in [1.165, 1.54) is 81.9 Å². The average molecular weight is 259 g/mol. The highest BCUT2D eigenvalue weighted by molar-refractivity contribution is 4.46. The average Bonchev–Trinajstić information content (AvgIpc) is 2.30. The third-order valence-corrected chi connectivity index (χ3v) is 3.90. The van der Waals surface area contributed by atoms with Gasteiger partial charge in [0.1, 0.15) is 0 Å². The van der Waals surface area contributed by atoms with Crippen LogP contribution in [0.3, 0.4) is 0 Å². The topological polar surface area (TPSA) is 30.0 Å². The van der Waals surface area contributed by atoms with E-state index in [-0.39, 0.29) is 5.48 Å². The van der Waals surface area contributed by atoms with E-state index < -0.39 is 0 Å². The number of hydrogen-bond acceptors (Lipinski definition) is 1. The van der Waals surface area contributed by atoms with Gasteiger partial charge in [0.2, 0.25) is 0 Å². The lowest BCUT2D eigenvalue weighted by molar-refractivity contribution is -0.910. The van der Waals surface area contributed by atoms with Crippen LogP contribution in [0.2, 0.25) is 0 Å². The van der Waals surface area contributed by atoms with Crippen molar-refractivity contribution in [3.63, 3.8) is 0 Å². The van der Waals surface area contributed by atoms with Crippen LogP contribution in [0, 0.1) is 0 Å². The highest BCUT2D eigenvalue weighted by Gasteiger charge is 2.19. The van der Waals surface area contributed by atoms with Gasteiger partial charge >= 0.3 is 0 Å². The molecule has 1 N–H and O–H groups in total. The van der Waals surface area contributed by atoms with E-state index in [1.807, 2.05) is 0 Å². The lowest BCUT2D eigenvalue weighted by atomic mass is 10.1. The minimum atomic E-state index is 0. The predicted molar refractivity (Wildman–Crippen MR) is 81.3 cm³/mol. The van der Waals surface area contributed by atoms with E-state index in [4.69, 9.17) is 0 Å². The first kappa shape index (κ1) is 20.2. The summed E-state index contributed by atoms with van der Waals surface area (Å²) in [6.07, 6.45) is 12.6. The zero-order valence-electron chi connectivity index (χ0n) is 13.4. The van der Waals surface area contributed by atoms with Crippen LogP contribution in [-0.2, 0) is 0 Å². The monoisotopic (exact) mass is 259 g/mol. The molecule has 0 aliphatic rings. The Morgan fingerprint density at radius 1 is 0.556 bits per heavy atom. The molecule has 0 atom stereocenters. The molecule has 0 rings (SSSR count). The fourth-order valence-corrected chi connectivity index (χ4v) is 2.57. The Morgan fingerprint density at radius 3 is 1.06 bits per heavy atom. The molecule has 0 spiro atoms. The summed E-state index contributed by atoms with van der Waals surface area (Å²) < 4.78 is 1.33. The van der Waals surface area contributed by atoms with Gasteiger partial charge in [0.25, 0.3) is 0 Å². The third-order valence-electron chi connectivity index (χ3n) is 3.90. The Hall–Kier alpha value is -0.0800. The third kappa shape index (κ3) is 11.0. The second-order valence-electron chi connectivity index (χ2n) is 5.91. The van der Waals surface area contributed by atoms with Crippen molar-refractivity contribution >= 4 is 0 Å². The molecule has 0 fully saturated rings. The summed E-state index contributed by atoms with van der Waals surface area (Å²) in [5.41, 5.74) is 0. The molecule has 0 radical (unpaired) electrons. The van der Waals surface area contributed by atoms with Crippen molar-refractivity contribution in [2.45, 2.75) is 78.6 Å². The van der Waals surface area contributed by atoms with Crippen molar-refractivity contribution in [3.05, 3.63) is 0 Å². The summed E-state index contributed by atoms with van der Waals surface area (Å²) in [5, 5.41) is 0. The van der Waals surface area contributed by atoms with E-state index in [2.05, 4.69) is 27.8 Å². The number of quaternary nitrogens is 1. The van der Waals surface area contributed by atoms with E-state index in [0.717, 1.165) is 0 Å². The van der Waals surface area contributed by atoms with Crippen LogP contribution in [0.25, 0.3) is 0 Å². The summed E-state index contributed by atoms with van der Waals surface area (Å²) >= 11 is 0. The van der Waals surface area contributed by atoms with E-state index >= 15 is 0 Å². The van der Waals surface area contributed by atoms with Gasteiger partial charge in [-0.1, -0.05) is 40.0 Å². The van der Waals surface area contributed by atoms with Crippen molar-refractivity contribution in [1.82, 2.24) is 0 Å². The quantitative estimate of drug-likeness (QED) is 0.365. The Balaban J connectivity index is 0. The molecular weight excluding hydrogens is 222 g/mol. The van der Waals surface area contributed by atoms with Crippen LogP contribution in [-0.4, -0.2) is 36.6 Å². The Morgan fingerprint density at radius 2 is 0.833 bits per heavy atom. The van der Waals surface area contributed by atoms with Crippen molar-refractivity contribution < 1.29 is 9.96 Å². The molecule has 0 bridgehead atoms. The van der Waals surface area contributed by atoms with Crippen molar-refractivity contribution in [2.24, 2.45) is 0 Å². The minimum Gasteiger partial charge on any atom is -0.870 e. The fraction of sp³-hybridized carbons (Fsp3) is 1.00. The van der Waals surface area contributed by atoms with Gasteiger partial charge in [0, 0.05) is 0 Å². The molecule has 0 saturated heterocycles. The van der Waals surface area contributed by atoms with Crippen LogP contribution in [0.15, 0.2) is 0 Å². The molecule has 0 saturated carbocycles. The van der Waals surface area contributed by atoms with Gasteiger partial charge in [0.15, 0.2) is 0 Å². The van der Waals surface area contributed by atoms with Gasteiger partial charge in [-0.15, -0.1) is 0 Å². The summed E-state index contributed by atoms with van der Waals surface area (Å²) in [4.78, 5) is 0. The molecule has 0 unspecified atom stereocenters. The van der Waals surface area contributed by atoms with Crippen molar-refractivity contribution in [3.8, 4) is 0 Å². The fourth-order valence-electron chi connectivity index (χ4n) is 2.57. The summed E-state index contributed by atoms with van der Waals surface area (Å²) in [5.74, 6) is 0. The van der Waals surface area contributed by atoms with Gasteiger partial charge in [-0.3, -0.25) is 0 Å². The summed E-state index contributed by atoms with van der Waals surface area (Å²) in [6.45, 7) is 11.1. The molecule has 0 amide bonds. The zero-order chi connectivity index (χ0) is 13.0. The SMILES string of the molecule is CCCCC[N+](C)(CCCCC)CCCCC.[OH-]. The van der Waals surface area contributed by atoms with E-state index in [9.17, 15) is 0 Å². The lowest BCUT2D eigenvalue weighted by Gasteiger charge is -2.35. The first-order valence-corrected chi connectivity index (χ1v) is 8.02. The Labute approximate surface area is 116 Å². The number of nitrogens with zero attached hydrogens (tertiary/aromatic N) is 1. The van der Waals surface area contributed by atoms with Gasteiger partial charge < -0.3 is 9.96 Å². The Kier molecular flexibility index (Phi) is 15.0. The van der Waals surface area contributed by atoms with Crippen molar-refractivity contribution in [2.75, 3.05) is 26.7 Å². The Bertz CT molecular complexity index is 133. The molecule has 0 aromatic rings. The molecular formula is C16H37NO. The molecule has 18 heavy (non-hydrogen) atoms. The normalized spacial score (nSPS) is 11.3. The molecule has 2 nitrogen and oxygen atoms in total. The van der Waals surface area contributed by atoms with Crippen LogP contribution < -0.4 is 0 Å². The molecule has 0 aromatic carbocycles. The predicted octanol–water partition coefficient (Wildman–Crippen LogP) is 4.83. The number of hydrogen-bond donors (Lipinski definition) is 0. The van der Waals surface area contributed by atoms with E-state index in [1.54, 1.807) is 0 Å². The summed E-state index contributed by atoms with van der Waals surface area (Å²) in [6, 6.07) is 0. The maximum Gasteiger partial charge on any atom is 0.0784 e. The standard InChI is InChI=1S/C16H36N.H2O/c1-5-8-11-14-17(4,15-12-9-6-2)16-13-10-7-3;/h5-16H2,1-4H3;1H2/q+1;/p-1. The molecule has 0 aliphatic carbocycles. The second kappa shape index (κ2) is 13.4. The molecule has 112 valence electrons.